The van der Waals surface area contributed by atoms with Gasteiger partial charge in [-0.15, -0.1) is 11.3 Å². The Labute approximate surface area is 272 Å². The van der Waals surface area contributed by atoms with Crippen LogP contribution in [0, 0.1) is 0 Å². The van der Waals surface area contributed by atoms with Crippen LogP contribution in [-0.2, 0) is 0 Å². The Morgan fingerprint density at radius 1 is 0.587 bits per heavy atom. The average molecular weight is 608 g/mol. The van der Waals surface area contributed by atoms with E-state index in [1.54, 1.807) is 0 Å². The van der Waals surface area contributed by atoms with Crippen molar-refractivity contribution in [3.8, 4) is 44.2 Å². The monoisotopic (exact) mass is 607 g/mol. The molecule has 5 aromatic carbocycles. The highest BCUT2D eigenvalue weighted by Gasteiger charge is 2.30. The molecule has 0 atom stereocenters. The molecule has 0 unspecified atom stereocenters. The van der Waals surface area contributed by atoms with Crippen LogP contribution < -0.4 is 4.90 Å². The SMILES string of the molecule is C1=CC(c2ccc(-c3cc(N4c5ccccc5-c5sc6ccccc6c5-c5ccccc54)nc(-c4ccccc4)n3)cc2)=CCC1. The minimum atomic E-state index is 0.703. The number of rotatable bonds is 4. The van der Waals surface area contributed by atoms with Crippen LogP contribution in [0.25, 0.3) is 59.9 Å². The number of allylic oxidation sites excluding steroid dienone is 4. The van der Waals surface area contributed by atoms with Crippen molar-refractivity contribution < 1.29 is 0 Å². The number of benzene rings is 5. The van der Waals surface area contributed by atoms with Gasteiger partial charge in [0.25, 0.3) is 0 Å². The predicted molar refractivity (Wildman–Crippen MR) is 194 cm³/mol. The minimum absolute atomic E-state index is 0.703. The van der Waals surface area contributed by atoms with Gasteiger partial charge in [-0.25, -0.2) is 9.97 Å². The summed E-state index contributed by atoms with van der Waals surface area (Å²) in [7, 11) is 0. The van der Waals surface area contributed by atoms with Crippen molar-refractivity contribution in [1.29, 1.82) is 0 Å². The average Bonchev–Trinajstić information content (AvgIpc) is 3.47. The number of para-hydroxylation sites is 2. The van der Waals surface area contributed by atoms with E-state index in [-0.39, 0.29) is 0 Å². The van der Waals surface area contributed by atoms with Crippen molar-refractivity contribution in [2.45, 2.75) is 12.8 Å². The fourth-order valence-electron chi connectivity index (χ4n) is 6.69. The molecular formula is C42H29N3S. The molecule has 9 rings (SSSR count). The summed E-state index contributed by atoms with van der Waals surface area (Å²) in [5.74, 6) is 1.54. The van der Waals surface area contributed by atoms with Gasteiger partial charge in [0.1, 0.15) is 5.82 Å². The molecule has 0 saturated carbocycles. The molecule has 0 spiro atoms. The van der Waals surface area contributed by atoms with Gasteiger partial charge < -0.3 is 0 Å². The fraction of sp³-hybridized carbons (Fsp3) is 0.0476. The Balaban J connectivity index is 1.28. The third kappa shape index (κ3) is 4.49. The van der Waals surface area contributed by atoms with E-state index in [4.69, 9.17) is 9.97 Å². The first-order chi connectivity index (χ1) is 22.8. The second-order valence-corrected chi connectivity index (χ2v) is 12.7. The number of nitrogens with zero attached hydrogens (tertiary/aromatic N) is 3. The fourth-order valence-corrected chi connectivity index (χ4v) is 7.95. The third-order valence-electron chi connectivity index (χ3n) is 8.88. The van der Waals surface area contributed by atoms with Crippen molar-refractivity contribution in [3.63, 3.8) is 0 Å². The molecule has 3 nitrogen and oxygen atoms in total. The van der Waals surface area contributed by atoms with Crippen LogP contribution in [-0.4, -0.2) is 9.97 Å². The number of hydrogen-bond donors (Lipinski definition) is 0. The highest BCUT2D eigenvalue weighted by molar-refractivity contribution is 7.23. The molecule has 3 heterocycles. The summed E-state index contributed by atoms with van der Waals surface area (Å²) in [5, 5.41) is 1.28. The molecule has 0 N–H and O–H groups in total. The van der Waals surface area contributed by atoms with Gasteiger partial charge in [0, 0.05) is 48.8 Å². The molecule has 46 heavy (non-hydrogen) atoms. The lowest BCUT2D eigenvalue weighted by Crippen LogP contribution is -2.13. The molecular weight excluding hydrogens is 579 g/mol. The molecule has 1 aliphatic heterocycles. The van der Waals surface area contributed by atoms with Gasteiger partial charge in [-0.05, 0) is 42.2 Å². The molecule has 2 aromatic heterocycles. The summed E-state index contributed by atoms with van der Waals surface area (Å²) in [6.07, 6.45) is 9.00. The van der Waals surface area contributed by atoms with Gasteiger partial charge >= 0.3 is 0 Å². The Morgan fingerprint density at radius 3 is 2.09 bits per heavy atom. The zero-order valence-corrected chi connectivity index (χ0v) is 25.9. The molecule has 0 saturated heterocycles. The Hall–Kier alpha value is -5.58. The number of thiophene rings is 1. The van der Waals surface area contributed by atoms with Crippen LogP contribution in [0.4, 0.5) is 17.2 Å². The van der Waals surface area contributed by atoms with Crippen LogP contribution in [0.5, 0.6) is 0 Å². The molecule has 4 heteroatoms. The Bertz CT molecular complexity index is 2310. The maximum absolute atomic E-state index is 5.29. The largest absolute Gasteiger partial charge is 0.294 e. The zero-order chi connectivity index (χ0) is 30.5. The van der Waals surface area contributed by atoms with E-state index in [1.807, 2.05) is 29.5 Å². The maximum Gasteiger partial charge on any atom is 0.162 e. The van der Waals surface area contributed by atoms with E-state index in [0.717, 1.165) is 46.9 Å². The third-order valence-corrected chi connectivity index (χ3v) is 10.1. The van der Waals surface area contributed by atoms with E-state index >= 15 is 0 Å². The predicted octanol–water partition coefficient (Wildman–Crippen LogP) is 11.9. The summed E-state index contributed by atoms with van der Waals surface area (Å²) in [5.41, 5.74) is 11.3. The maximum atomic E-state index is 5.29. The molecule has 0 amide bonds. The lowest BCUT2D eigenvalue weighted by Gasteiger charge is -2.27. The normalized spacial score (nSPS) is 13.5. The molecule has 7 aromatic rings. The van der Waals surface area contributed by atoms with Gasteiger partial charge in [0.05, 0.1) is 17.1 Å². The first-order valence-electron chi connectivity index (χ1n) is 15.7. The molecule has 1 aliphatic carbocycles. The van der Waals surface area contributed by atoms with Crippen molar-refractivity contribution in [2.75, 3.05) is 4.90 Å². The van der Waals surface area contributed by atoms with Gasteiger partial charge in [0.15, 0.2) is 5.82 Å². The van der Waals surface area contributed by atoms with Crippen molar-refractivity contribution in [1.82, 2.24) is 9.97 Å². The summed E-state index contributed by atoms with van der Waals surface area (Å²) in [6, 6.07) is 47.4. The molecule has 0 bridgehead atoms. The van der Waals surface area contributed by atoms with E-state index < -0.39 is 0 Å². The Kier molecular flexibility index (Phi) is 6.46. The summed E-state index contributed by atoms with van der Waals surface area (Å²) >= 11 is 1.86. The summed E-state index contributed by atoms with van der Waals surface area (Å²) in [4.78, 5) is 14.1. The van der Waals surface area contributed by atoms with Crippen LogP contribution in [0.1, 0.15) is 18.4 Å². The first kappa shape index (κ1) is 26.8. The van der Waals surface area contributed by atoms with Crippen LogP contribution in [0.2, 0.25) is 0 Å². The molecule has 0 fully saturated rings. The number of fused-ring (bicyclic) bond motifs is 7. The lowest BCUT2D eigenvalue weighted by atomic mass is 9.98. The molecule has 218 valence electrons. The Morgan fingerprint density at radius 2 is 1.28 bits per heavy atom. The van der Waals surface area contributed by atoms with Gasteiger partial charge in [-0.2, -0.15) is 0 Å². The van der Waals surface area contributed by atoms with E-state index in [1.165, 1.54) is 42.8 Å². The smallest absolute Gasteiger partial charge is 0.162 e. The van der Waals surface area contributed by atoms with Crippen LogP contribution in [0.15, 0.2) is 152 Å². The standard InChI is InChI=1S/C42H29N3S/c1-3-13-28(14-4-1)29-23-25-30(26-24-29)35-27-39(44-42(43-35)31-15-5-2-6-16-31)45-36-20-10-7-17-32(36)40-34-19-9-12-22-38(34)46-41(40)33-18-8-11-21-37(33)45/h2-3,5-27H,1,4H2. The van der Waals surface area contributed by atoms with Gasteiger partial charge in [-0.1, -0.05) is 127 Å². The quantitative estimate of drug-likeness (QED) is 0.199. The van der Waals surface area contributed by atoms with Crippen molar-refractivity contribution in [2.24, 2.45) is 0 Å². The van der Waals surface area contributed by atoms with Crippen molar-refractivity contribution >= 4 is 44.2 Å². The second-order valence-electron chi connectivity index (χ2n) is 11.7. The van der Waals surface area contributed by atoms with E-state index in [2.05, 4.69) is 138 Å². The second kappa shape index (κ2) is 11.1. The van der Waals surface area contributed by atoms with Gasteiger partial charge in [0.2, 0.25) is 0 Å². The summed E-state index contributed by atoms with van der Waals surface area (Å²) in [6.45, 7) is 0. The van der Waals surface area contributed by atoms with E-state index in [9.17, 15) is 0 Å². The topological polar surface area (TPSA) is 29.0 Å². The number of aromatic nitrogens is 2. The highest BCUT2D eigenvalue weighted by Crippen LogP contribution is 2.55. The van der Waals surface area contributed by atoms with Crippen LogP contribution in [0.3, 0.4) is 0 Å². The highest BCUT2D eigenvalue weighted by atomic mass is 32.1. The number of anilines is 3. The molecule has 0 radical (unpaired) electrons. The van der Waals surface area contributed by atoms with Crippen LogP contribution >= 0.6 is 11.3 Å². The minimum Gasteiger partial charge on any atom is -0.294 e. The van der Waals surface area contributed by atoms with E-state index in [0.29, 0.717) is 5.82 Å². The van der Waals surface area contributed by atoms with Crippen molar-refractivity contribution in [3.05, 3.63) is 157 Å². The lowest BCUT2D eigenvalue weighted by molar-refractivity contribution is 1.04. The molecule has 2 aliphatic rings. The number of hydrogen-bond acceptors (Lipinski definition) is 4. The zero-order valence-electron chi connectivity index (χ0n) is 25.1. The van der Waals surface area contributed by atoms with Gasteiger partial charge in [-0.3, -0.25) is 4.90 Å². The summed E-state index contributed by atoms with van der Waals surface area (Å²) < 4.78 is 1.30. The first-order valence-corrected chi connectivity index (χ1v) is 16.6.